The highest BCUT2D eigenvalue weighted by Gasteiger charge is 2.21. The van der Waals surface area contributed by atoms with Gasteiger partial charge in [0.05, 0.1) is 16.6 Å². The van der Waals surface area contributed by atoms with E-state index in [9.17, 15) is 8.42 Å². The van der Waals surface area contributed by atoms with Crippen molar-refractivity contribution in [3.63, 3.8) is 0 Å². The molecular weight excluding hydrogens is 381 g/mol. The van der Waals surface area contributed by atoms with E-state index in [1.807, 2.05) is 41.2 Å². The number of hydrogen-bond donors (Lipinski definition) is 1. The van der Waals surface area contributed by atoms with E-state index < -0.39 is 10.0 Å². The van der Waals surface area contributed by atoms with Crippen LogP contribution in [0, 0.1) is 0 Å². The SMILES string of the molecule is O=S(=O)(NCc1ccc(Cn2cccn2)cc1)c1c(Cl)cccc1Cl. The van der Waals surface area contributed by atoms with Crippen LogP contribution in [-0.4, -0.2) is 18.2 Å². The van der Waals surface area contributed by atoms with Gasteiger partial charge in [-0.3, -0.25) is 4.68 Å². The van der Waals surface area contributed by atoms with Gasteiger partial charge in [-0.25, -0.2) is 13.1 Å². The second-order valence-corrected chi connectivity index (χ2v) is 7.91. The number of hydrogen-bond acceptors (Lipinski definition) is 3. The van der Waals surface area contributed by atoms with E-state index in [4.69, 9.17) is 23.2 Å². The van der Waals surface area contributed by atoms with Crippen LogP contribution >= 0.6 is 23.2 Å². The molecule has 0 atom stereocenters. The molecule has 0 saturated carbocycles. The summed E-state index contributed by atoms with van der Waals surface area (Å²) >= 11 is 11.9. The molecule has 3 aromatic rings. The third-order valence-electron chi connectivity index (χ3n) is 3.58. The highest BCUT2D eigenvalue weighted by Crippen LogP contribution is 2.28. The Labute approximate surface area is 156 Å². The van der Waals surface area contributed by atoms with Crippen LogP contribution in [0.4, 0.5) is 0 Å². The Hall–Kier alpha value is -1.86. The van der Waals surface area contributed by atoms with E-state index in [0.717, 1.165) is 11.1 Å². The van der Waals surface area contributed by atoms with Crippen molar-refractivity contribution in [3.8, 4) is 0 Å². The van der Waals surface area contributed by atoms with E-state index in [1.165, 1.54) is 12.1 Å². The van der Waals surface area contributed by atoms with E-state index in [1.54, 1.807) is 12.3 Å². The summed E-state index contributed by atoms with van der Waals surface area (Å²) in [4.78, 5) is -0.103. The van der Waals surface area contributed by atoms with E-state index in [-0.39, 0.29) is 21.5 Å². The fraction of sp³-hybridized carbons (Fsp3) is 0.118. The van der Waals surface area contributed by atoms with Gasteiger partial charge in [-0.2, -0.15) is 5.10 Å². The molecule has 1 N–H and O–H groups in total. The summed E-state index contributed by atoms with van der Waals surface area (Å²) in [5.74, 6) is 0. The molecule has 0 bridgehead atoms. The zero-order valence-electron chi connectivity index (χ0n) is 13.1. The molecule has 0 aliphatic carbocycles. The third kappa shape index (κ3) is 4.41. The number of sulfonamides is 1. The Bertz CT molecular complexity index is 936. The van der Waals surface area contributed by atoms with Crippen LogP contribution in [0.5, 0.6) is 0 Å². The van der Waals surface area contributed by atoms with Crippen molar-refractivity contribution in [3.05, 3.63) is 82.1 Å². The molecule has 0 aliphatic heterocycles. The van der Waals surface area contributed by atoms with Gasteiger partial charge in [0, 0.05) is 18.9 Å². The van der Waals surface area contributed by atoms with Gasteiger partial charge in [-0.05, 0) is 29.3 Å². The van der Waals surface area contributed by atoms with Crippen LogP contribution in [0.15, 0.2) is 65.8 Å². The van der Waals surface area contributed by atoms with Crippen LogP contribution < -0.4 is 4.72 Å². The topological polar surface area (TPSA) is 64.0 Å². The summed E-state index contributed by atoms with van der Waals surface area (Å²) in [6, 6.07) is 14.1. The summed E-state index contributed by atoms with van der Waals surface area (Å²) in [6.07, 6.45) is 3.61. The number of aromatic nitrogens is 2. The molecule has 0 aliphatic rings. The second kappa shape index (κ2) is 7.58. The lowest BCUT2D eigenvalue weighted by atomic mass is 10.1. The van der Waals surface area contributed by atoms with E-state index in [0.29, 0.717) is 6.54 Å². The van der Waals surface area contributed by atoms with E-state index >= 15 is 0 Å². The highest BCUT2D eigenvalue weighted by molar-refractivity contribution is 7.89. The van der Waals surface area contributed by atoms with Crippen LogP contribution in [0.1, 0.15) is 11.1 Å². The van der Waals surface area contributed by atoms with Crippen molar-refractivity contribution in [2.24, 2.45) is 0 Å². The predicted octanol–water partition coefficient (Wildman–Crippen LogP) is 3.72. The molecule has 3 rings (SSSR count). The van der Waals surface area contributed by atoms with Crippen molar-refractivity contribution < 1.29 is 8.42 Å². The zero-order valence-corrected chi connectivity index (χ0v) is 15.4. The standard InChI is InChI=1S/C17H15Cl2N3O2S/c18-15-3-1-4-16(19)17(15)25(23,24)21-11-13-5-7-14(8-6-13)12-22-10-2-9-20-22/h1-10,21H,11-12H2. The van der Waals surface area contributed by atoms with Crippen LogP contribution in [0.25, 0.3) is 0 Å². The molecule has 0 unspecified atom stereocenters. The maximum absolute atomic E-state index is 12.4. The summed E-state index contributed by atoms with van der Waals surface area (Å²) in [5, 5.41) is 4.34. The zero-order chi connectivity index (χ0) is 17.9. The minimum Gasteiger partial charge on any atom is -0.268 e. The minimum absolute atomic E-state index is 0.0922. The Balaban J connectivity index is 1.69. The first kappa shape index (κ1) is 17.9. The van der Waals surface area contributed by atoms with Crippen molar-refractivity contribution in [2.45, 2.75) is 18.0 Å². The Morgan fingerprint density at radius 1 is 0.960 bits per heavy atom. The normalized spacial score (nSPS) is 11.6. The van der Waals surface area contributed by atoms with Crippen molar-refractivity contribution in [2.75, 3.05) is 0 Å². The average molecular weight is 396 g/mol. The largest absolute Gasteiger partial charge is 0.268 e. The molecule has 1 heterocycles. The van der Waals surface area contributed by atoms with Crippen molar-refractivity contribution in [1.82, 2.24) is 14.5 Å². The molecule has 0 radical (unpaired) electrons. The van der Waals surface area contributed by atoms with Crippen molar-refractivity contribution in [1.29, 1.82) is 0 Å². The van der Waals surface area contributed by atoms with Crippen LogP contribution in [0.3, 0.4) is 0 Å². The Morgan fingerprint density at radius 2 is 1.60 bits per heavy atom. The molecule has 5 nitrogen and oxygen atoms in total. The Morgan fingerprint density at radius 3 is 2.20 bits per heavy atom. The number of halogens is 2. The molecule has 0 amide bonds. The lowest BCUT2D eigenvalue weighted by Crippen LogP contribution is -2.23. The maximum Gasteiger partial charge on any atom is 0.243 e. The van der Waals surface area contributed by atoms with E-state index in [2.05, 4.69) is 9.82 Å². The predicted molar refractivity (Wildman–Crippen MR) is 98.3 cm³/mol. The number of nitrogens with one attached hydrogen (secondary N) is 1. The summed E-state index contributed by atoms with van der Waals surface area (Å²) in [6.45, 7) is 0.806. The fourth-order valence-electron chi connectivity index (χ4n) is 2.33. The lowest BCUT2D eigenvalue weighted by molar-refractivity contribution is 0.581. The number of nitrogens with zero attached hydrogens (tertiary/aromatic N) is 2. The molecule has 0 saturated heterocycles. The van der Waals surface area contributed by atoms with Gasteiger partial charge in [0.25, 0.3) is 0 Å². The van der Waals surface area contributed by atoms with Gasteiger partial charge in [0.15, 0.2) is 0 Å². The fourth-order valence-corrected chi connectivity index (χ4v) is 4.49. The van der Waals surface area contributed by atoms with Gasteiger partial charge in [0.1, 0.15) is 4.90 Å². The number of benzene rings is 2. The van der Waals surface area contributed by atoms with Crippen LogP contribution in [-0.2, 0) is 23.1 Å². The molecular formula is C17H15Cl2N3O2S. The van der Waals surface area contributed by atoms with Gasteiger partial charge < -0.3 is 0 Å². The lowest BCUT2D eigenvalue weighted by Gasteiger charge is -2.10. The molecule has 2 aromatic carbocycles. The maximum atomic E-state index is 12.4. The van der Waals surface area contributed by atoms with Gasteiger partial charge in [-0.1, -0.05) is 53.5 Å². The van der Waals surface area contributed by atoms with Gasteiger partial charge in [0.2, 0.25) is 10.0 Å². The molecule has 8 heteroatoms. The second-order valence-electron chi connectivity index (χ2n) is 5.40. The van der Waals surface area contributed by atoms with Crippen molar-refractivity contribution >= 4 is 33.2 Å². The highest BCUT2D eigenvalue weighted by atomic mass is 35.5. The Kier molecular flexibility index (Phi) is 5.44. The first-order chi connectivity index (χ1) is 12.0. The molecule has 1 aromatic heterocycles. The average Bonchev–Trinajstić information content (AvgIpc) is 3.07. The minimum atomic E-state index is -3.80. The first-order valence-electron chi connectivity index (χ1n) is 7.44. The molecule has 25 heavy (non-hydrogen) atoms. The summed E-state index contributed by atoms with van der Waals surface area (Å²) in [5.41, 5.74) is 1.90. The van der Waals surface area contributed by atoms with Crippen LogP contribution in [0.2, 0.25) is 10.0 Å². The van der Waals surface area contributed by atoms with Gasteiger partial charge in [-0.15, -0.1) is 0 Å². The molecule has 0 spiro atoms. The molecule has 0 fully saturated rings. The summed E-state index contributed by atoms with van der Waals surface area (Å²) < 4.78 is 29.2. The smallest absolute Gasteiger partial charge is 0.243 e. The van der Waals surface area contributed by atoms with Gasteiger partial charge >= 0.3 is 0 Å². The monoisotopic (exact) mass is 395 g/mol. The quantitative estimate of drug-likeness (QED) is 0.691. The number of rotatable bonds is 6. The molecule has 130 valence electrons. The summed E-state index contributed by atoms with van der Waals surface area (Å²) in [7, 11) is -3.80. The third-order valence-corrected chi connectivity index (χ3v) is 5.94. The first-order valence-corrected chi connectivity index (χ1v) is 9.68.